The Labute approximate surface area is 147 Å². The lowest BCUT2D eigenvalue weighted by Crippen LogP contribution is -2.31. The number of hydrogen-bond donors (Lipinski definition) is 0. The fourth-order valence-electron chi connectivity index (χ4n) is 3.18. The molecule has 0 N–H and O–H groups in total. The molecule has 0 heterocycles. The van der Waals surface area contributed by atoms with Crippen molar-refractivity contribution >= 4 is 5.97 Å². The van der Waals surface area contributed by atoms with E-state index in [0.717, 1.165) is 12.8 Å². The van der Waals surface area contributed by atoms with Gasteiger partial charge in [0.25, 0.3) is 0 Å². The van der Waals surface area contributed by atoms with Crippen molar-refractivity contribution in [3.05, 3.63) is 58.7 Å². The van der Waals surface area contributed by atoms with Gasteiger partial charge >= 0.3 is 5.97 Å². The number of hydrogen-bond acceptors (Lipinski definition) is 2. The van der Waals surface area contributed by atoms with Crippen LogP contribution < -0.4 is 0 Å². The van der Waals surface area contributed by atoms with Gasteiger partial charge in [-0.1, -0.05) is 67.0 Å². The number of carbonyl (C=O) groups is 1. The van der Waals surface area contributed by atoms with Crippen molar-refractivity contribution in [2.45, 2.75) is 67.4 Å². The van der Waals surface area contributed by atoms with Gasteiger partial charge in [0.2, 0.25) is 0 Å². The molecule has 1 atom stereocenters. The summed E-state index contributed by atoms with van der Waals surface area (Å²) in [6.45, 7) is 14.3. The molecule has 2 heteroatoms. The van der Waals surface area contributed by atoms with E-state index in [1.807, 2.05) is 6.92 Å². The van der Waals surface area contributed by atoms with E-state index >= 15 is 0 Å². The van der Waals surface area contributed by atoms with Gasteiger partial charge in [-0.15, -0.1) is 0 Å². The number of allylic oxidation sites excluding steroid dienone is 9. The average molecular weight is 328 g/mol. The minimum atomic E-state index is -0.190. The Morgan fingerprint density at radius 2 is 1.83 bits per heavy atom. The first-order valence-electron chi connectivity index (χ1n) is 8.69. The molecule has 1 aliphatic rings. The number of rotatable bonds is 5. The summed E-state index contributed by atoms with van der Waals surface area (Å²) in [5.41, 5.74) is 5.14. The van der Waals surface area contributed by atoms with Crippen molar-refractivity contribution in [2.24, 2.45) is 5.41 Å². The highest BCUT2D eigenvalue weighted by Crippen LogP contribution is 2.42. The molecule has 24 heavy (non-hydrogen) atoms. The Balaban J connectivity index is 2.90. The first-order chi connectivity index (χ1) is 11.2. The minimum Gasteiger partial charge on any atom is -0.462 e. The van der Waals surface area contributed by atoms with Gasteiger partial charge < -0.3 is 4.74 Å². The minimum absolute atomic E-state index is 0.00183. The molecule has 1 aliphatic carbocycles. The summed E-state index contributed by atoms with van der Waals surface area (Å²) in [4.78, 5) is 11.2. The highest BCUT2D eigenvalue weighted by molar-refractivity contribution is 5.66. The Morgan fingerprint density at radius 3 is 2.38 bits per heavy atom. The van der Waals surface area contributed by atoms with Gasteiger partial charge in [0, 0.05) is 13.3 Å². The Bertz CT molecular complexity index is 610. The molecule has 0 saturated carbocycles. The van der Waals surface area contributed by atoms with Gasteiger partial charge in [-0.25, -0.2) is 0 Å². The third-order valence-electron chi connectivity index (χ3n) is 4.48. The molecule has 2 nitrogen and oxygen atoms in total. The van der Waals surface area contributed by atoms with Crippen LogP contribution in [0.3, 0.4) is 0 Å². The van der Waals surface area contributed by atoms with Crippen molar-refractivity contribution in [3.8, 4) is 0 Å². The van der Waals surface area contributed by atoms with Crippen LogP contribution in [-0.2, 0) is 9.53 Å². The predicted octanol–water partition coefficient (Wildman–Crippen LogP) is 6.08. The molecule has 0 radical (unpaired) electrons. The number of esters is 1. The zero-order valence-electron chi connectivity index (χ0n) is 16.3. The fourth-order valence-corrected chi connectivity index (χ4v) is 3.18. The van der Waals surface area contributed by atoms with E-state index in [1.54, 1.807) is 0 Å². The zero-order chi connectivity index (χ0) is 18.3. The second kappa shape index (κ2) is 8.86. The third-order valence-corrected chi connectivity index (χ3v) is 4.48. The molecule has 0 amide bonds. The van der Waals surface area contributed by atoms with E-state index in [2.05, 4.69) is 71.1 Å². The van der Waals surface area contributed by atoms with Crippen molar-refractivity contribution in [3.63, 3.8) is 0 Å². The number of ether oxygens (including phenoxy) is 1. The Hall–Kier alpha value is -1.83. The molecule has 0 fully saturated rings. The standard InChI is InChI=1S/C22H32O2/c1-8-16(2)10-9-11-17(3)12-13-21-18(4)14-20(24-19(5)23)15-22(21,6)7/h8-13,20H,14-15H2,1-7H3. The molecule has 1 rings (SSSR count). The van der Waals surface area contributed by atoms with Gasteiger partial charge in [-0.05, 0) is 45.1 Å². The van der Waals surface area contributed by atoms with Gasteiger partial charge in [0.15, 0.2) is 0 Å². The Morgan fingerprint density at radius 1 is 1.17 bits per heavy atom. The van der Waals surface area contributed by atoms with Gasteiger partial charge in [-0.2, -0.15) is 0 Å². The van der Waals surface area contributed by atoms with Gasteiger partial charge in [-0.3, -0.25) is 4.79 Å². The van der Waals surface area contributed by atoms with Crippen molar-refractivity contribution in [1.82, 2.24) is 0 Å². The first kappa shape index (κ1) is 20.2. The average Bonchev–Trinajstić information content (AvgIpc) is 2.44. The molecule has 1 unspecified atom stereocenters. The molecular weight excluding hydrogens is 296 g/mol. The molecule has 132 valence electrons. The summed E-state index contributed by atoms with van der Waals surface area (Å²) in [6, 6.07) is 0. The first-order valence-corrected chi connectivity index (χ1v) is 8.69. The highest BCUT2D eigenvalue weighted by Gasteiger charge is 2.33. The SMILES string of the molecule is CC=C(C)C=CC=C(C)C=CC1=C(C)CC(OC(C)=O)CC1(C)C. The second-order valence-electron chi connectivity index (χ2n) is 7.35. The summed E-state index contributed by atoms with van der Waals surface area (Å²) < 4.78 is 5.43. The summed E-state index contributed by atoms with van der Waals surface area (Å²) in [6.07, 6.45) is 14.5. The third kappa shape index (κ3) is 6.35. The maximum absolute atomic E-state index is 11.2. The maximum Gasteiger partial charge on any atom is 0.302 e. The molecule has 0 aliphatic heterocycles. The molecule has 0 aromatic carbocycles. The molecule has 0 spiro atoms. The molecular formula is C22H32O2. The van der Waals surface area contributed by atoms with Gasteiger partial charge in [0.1, 0.15) is 6.10 Å². The van der Waals surface area contributed by atoms with E-state index in [-0.39, 0.29) is 17.5 Å². The van der Waals surface area contributed by atoms with E-state index in [4.69, 9.17) is 4.74 Å². The van der Waals surface area contributed by atoms with Gasteiger partial charge in [0.05, 0.1) is 0 Å². The van der Waals surface area contributed by atoms with E-state index < -0.39 is 0 Å². The molecule has 0 aromatic rings. The monoisotopic (exact) mass is 328 g/mol. The normalized spacial score (nSPS) is 22.5. The lowest BCUT2D eigenvalue weighted by molar-refractivity contribution is -0.147. The maximum atomic E-state index is 11.2. The molecule has 0 bridgehead atoms. The summed E-state index contributed by atoms with van der Waals surface area (Å²) >= 11 is 0. The fraction of sp³-hybridized carbons (Fsp3) is 0.500. The molecule has 0 saturated heterocycles. The van der Waals surface area contributed by atoms with Crippen LogP contribution in [0.25, 0.3) is 0 Å². The van der Waals surface area contributed by atoms with Crippen LogP contribution in [0.2, 0.25) is 0 Å². The van der Waals surface area contributed by atoms with Crippen molar-refractivity contribution < 1.29 is 9.53 Å². The van der Waals surface area contributed by atoms with E-state index in [9.17, 15) is 4.79 Å². The van der Waals surface area contributed by atoms with Crippen LogP contribution in [-0.4, -0.2) is 12.1 Å². The van der Waals surface area contributed by atoms with E-state index in [1.165, 1.54) is 29.2 Å². The quantitative estimate of drug-likeness (QED) is 0.451. The summed E-state index contributed by atoms with van der Waals surface area (Å²) in [5, 5.41) is 0. The van der Waals surface area contributed by atoms with Crippen molar-refractivity contribution in [2.75, 3.05) is 0 Å². The largest absolute Gasteiger partial charge is 0.462 e. The van der Waals surface area contributed by atoms with Crippen LogP contribution in [0.5, 0.6) is 0 Å². The zero-order valence-corrected chi connectivity index (χ0v) is 16.3. The Kier molecular flexibility index (Phi) is 7.47. The topological polar surface area (TPSA) is 26.3 Å². The van der Waals surface area contributed by atoms with Crippen LogP contribution in [0, 0.1) is 5.41 Å². The summed E-state index contributed by atoms with van der Waals surface area (Å²) in [7, 11) is 0. The second-order valence-corrected chi connectivity index (χ2v) is 7.35. The van der Waals surface area contributed by atoms with Crippen LogP contribution in [0.1, 0.15) is 61.3 Å². The van der Waals surface area contributed by atoms with Crippen molar-refractivity contribution in [1.29, 1.82) is 0 Å². The highest BCUT2D eigenvalue weighted by atomic mass is 16.5. The van der Waals surface area contributed by atoms with E-state index in [0.29, 0.717) is 0 Å². The van der Waals surface area contributed by atoms with Crippen LogP contribution in [0.4, 0.5) is 0 Å². The predicted molar refractivity (Wildman–Crippen MR) is 103 cm³/mol. The molecule has 0 aromatic heterocycles. The van der Waals surface area contributed by atoms with Crippen LogP contribution >= 0.6 is 0 Å². The lowest BCUT2D eigenvalue weighted by atomic mass is 9.71. The smallest absolute Gasteiger partial charge is 0.302 e. The van der Waals surface area contributed by atoms with Crippen LogP contribution in [0.15, 0.2) is 58.7 Å². The number of carbonyl (C=O) groups excluding carboxylic acids is 1. The summed E-state index contributed by atoms with van der Waals surface area (Å²) in [5.74, 6) is -0.190. The lowest BCUT2D eigenvalue weighted by Gasteiger charge is -2.37.